The highest BCUT2D eigenvalue weighted by Gasteiger charge is 2.14. The first-order chi connectivity index (χ1) is 9.58. The number of H-pyrrole nitrogens is 1. The van der Waals surface area contributed by atoms with Crippen LogP contribution in [0.5, 0.6) is 0 Å². The maximum absolute atomic E-state index is 11.4. The van der Waals surface area contributed by atoms with Gasteiger partial charge < -0.3 is 0 Å². The molecule has 9 heteroatoms. The average Bonchev–Trinajstić information content (AvgIpc) is 2.96. The van der Waals surface area contributed by atoms with Gasteiger partial charge in [-0.1, -0.05) is 6.92 Å². The quantitative estimate of drug-likeness (QED) is 0.590. The molecule has 20 heavy (non-hydrogen) atoms. The minimum atomic E-state index is -0.261. The fourth-order valence-corrected chi connectivity index (χ4v) is 3.87. The predicted molar refractivity (Wildman–Crippen MR) is 79.8 cm³/mol. The molecule has 0 fully saturated rings. The molecular weight excluding hydrogens is 318 g/mol. The van der Waals surface area contributed by atoms with E-state index in [4.69, 9.17) is 11.6 Å². The summed E-state index contributed by atoms with van der Waals surface area (Å²) in [5.41, 5.74) is -0.261. The number of thiophene rings is 1. The maximum atomic E-state index is 11.4. The summed E-state index contributed by atoms with van der Waals surface area (Å²) < 4.78 is 1.43. The van der Waals surface area contributed by atoms with Crippen LogP contribution in [0.15, 0.2) is 21.0 Å². The summed E-state index contributed by atoms with van der Waals surface area (Å²) >= 11 is 8.86. The molecule has 0 amide bonds. The Morgan fingerprint density at radius 3 is 2.95 bits per heavy atom. The molecule has 0 aliphatic rings. The Morgan fingerprint density at radius 1 is 1.50 bits per heavy atom. The van der Waals surface area contributed by atoms with Crippen LogP contribution in [0.4, 0.5) is 0 Å². The third kappa shape index (κ3) is 2.34. The number of nitrogens with zero attached hydrogens (tertiary/aromatic N) is 4. The molecule has 0 saturated carbocycles. The summed E-state index contributed by atoms with van der Waals surface area (Å²) in [5, 5.41) is 8.75. The lowest BCUT2D eigenvalue weighted by atomic mass is 10.3. The standard InChI is InChI=1S/C11H10ClN5OS2/c1-3-5-4-6-7(19-5)13-9(12)14-8(6)20-11-16-15-10(18)17(11)2/h4H,3H2,1-2H3,(H,15,18). The Bertz CT molecular complexity index is 837. The summed E-state index contributed by atoms with van der Waals surface area (Å²) in [6.45, 7) is 2.09. The van der Waals surface area contributed by atoms with Crippen LogP contribution in [0.3, 0.4) is 0 Å². The van der Waals surface area contributed by atoms with E-state index in [0.29, 0.717) is 10.2 Å². The van der Waals surface area contributed by atoms with Gasteiger partial charge in [0.2, 0.25) is 5.28 Å². The Kier molecular flexibility index (Phi) is 3.53. The van der Waals surface area contributed by atoms with Crippen molar-refractivity contribution < 1.29 is 0 Å². The van der Waals surface area contributed by atoms with Crippen molar-refractivity contribution in [2.75, 3.05) is 0 Å². The van der Waals surface area contributed by atoms with Crippen molar-refractivity contribution in [1.82, 2.24) is 24.7 Å². The predicted octanol–water partition coefficient (Wildman–Crippen LogP) is 2.48. The smallest absolute Gasteiger partial charge is 0.273 e. The third-order valence-corrected chi connectivity index (χ3v) is 5.15. The van der Waals surface area contributed by atoms with Crippen LogP contribution in [0.1, 0.15) is 11.8 Å². The van der Waals surface area contributed by atoms with Crippen LogP contribution < -0.4 is 5.69 Å². The number of fused-ring (bicyclic) bond motifs is 1. The minimum Gasteiger partial charge on any atom is -0.273 e. The van der Waals surface area contributed by atoms with Gasteiger partial charge in [0.25, 0.3) is 0 Å². The molecule has 6 nitrogen and oxygen atoms in total. The first kappa shape index (κ1) is 13.6. The number of hydrogen-bond acceptors (Lipinski definition) is 6. The van der Waals surface area contributed by atoms with Crippen LogP contribution in [0, 0.1) is 0 Å². The van der Waals surface area contributed by atoms with Crippen LogP contribution in [-0.2, 0) is 13.5 Å². The van der Waals surface area contributed by atoms with Gasteiger partial charge in [-0.05, 0) is 35.9 Å². The third-order valence-electron chi connectivity index (χ3n) is 2.76. The van der Waals surface area contributed by atoms with Gasteiger partial charge in [0, 0.05) is 17.3 Å². The Labute approximate surface area is 127 Å². The second-order valence-corrected chi connectivity index (χ2v) is 6.46. The van der Waals surface area contributed by atoms with Crippen molar-refractivity contribution in [2.24, 2.45) is 7.05 Å². The normalized spacial score (nSPS) is 11.3. The summed E-state index contributed by atoms with van der Waals surface area (Å²) in [6.07, 6.45) is 0.934. The largest absolute Gasteiger partial charge is 0.343 e. The molecule has 0 aliphatic carbocycles. The highest BCUT2D eigenvalue weighted by atomic mass is 35.5. The second-order valence-electron chi connectivity index (χ2n) is 4.06. The number of aromatic amines is 1. The molecule has 104 valence electrons. The Hall–Kier alpha value is -1.38. The Morgan fingerprint density at radius 2 is 2.30 bits per heavy atom. The minimum absolute atomic E-state index is 0.199. The SMILES string of the molecule is CCc1cc2c(Sc3n[nH]c(=O)n3C)nc(Cl)nc2s1. The maximum Gasteiger partial charge on any atom is 0.343 e. The van der Waals surface area contributed by atoms with E-state index >= 15 is 0 Å². The molecule has 3 heterocycles. The van der Waals surface area contributed by atoms with Crippen molar-refractivity contribution in [3.05, 3.63) is 26.7 Å². The van der Waals surface area contributed by atoms with Crippen molar-refractivity contribution in [3.8, 4) is 0 Å². The summed E-state index contributed by atoms with van der Waals surface area (Å²) in [4.78, 5) is 21.9. The number of nitrogens with one attached hydrogen (secondary N) is 1. The van der Waals surface area contributed by atoms with Gasteiger partial charge >= 0.3 is 5.69 Å². The van der Waals surface area contributed by atoms with Gasteiger partial charge in [-0.2, -0.15) is 0 Å². The molecule has 0 unspecified atom stereocenters. The van der Waals surface area contributed by atoms with Crippen LogP contribution in [0.25, 0.3) is 10.2 Å². The van der Waals surface area contributed by atoms with Crippen molar-refractivity contribution >= 4 is 44.9 Å². The number of hydrogen-bond donors (Lipinski definition) is 1. The molecule has 0 bridgehead atoms. The lowest BCUT2D eigenvalue weighted by Crippen LogP contribution is -2.12. The molecule has 3 aromatic rings. The van der Waals surface area contributed by atoms with Crippen molar-refractivity contribution in [3.63, 3.8) is 0 Å². The number of aryl methyl sites for hydroxylation is 1. The monoisotopic (exact) mass is 327 g/mol. The van der Waals surface area contributed by atoms with Crippen molar-refractivity contribution in [1.29, 1.82) is 0 Å². The van der Waals surface area contributed by atoms with Gasteiger partial charge in [-0.25, -0.2) is 19.9 Å². The molecule has 0 saturated heterocycles. The molecule has 0 aliphatic heterocycles. The van der Waals surface area contributed by atoms with E-state index in [1.54, 1.807) is 18.4 Å². The zero-order valence-electron chi connectivity index (χ0n) is 10.7. The number of halogens is 1. The van der Waals surface area contributed by atoms with E-state index in [2.05, 4.69) is 33.2 Å². The fraction of sp³-hybridized carbons (Fsp3) is 0.273. The molecule has 0 spiro atoms. The van der Waals surface area contributed by atoms with Gasteiger partial charge in [0.05, 0.1) is 0 Å². The van der Waals surface area contributed by atoms with E-state index in [1.807, 2.05) is 0 Å². The van der Waals surface area contributed by atoms with Crippen LogP contribution in [0.2, 0.25) is 5.28 Å². The number of rotatable bonds is 3. The zero-order valence-corrected chi connectivity index (χ0v) is 13.1. The Balaban J connectivity index is 2.12. The van der Waals surface area contributed by atoms with Gasteiger partial charge in [-0.15, -0.1) is 16.4 Å². The second kappa shape index (κ2) is 5.19. The van der Waals surface area contributed by atoms with E-state index < -0.39 is 0 Å². The lowest BCUT2D eigenvalue weighted by molar-refractivity contribution is 0.765. The summed E-state index contributed by atoms with van der Waals surface area (Å²) in [7, 11) is 1.65. The first-order valence-electron chi connectivity index (χ1n) is 5.83. The molecular formula is C11H10ClN5OS2. The molecule has 3 rings (SSSR count). The lowest BCUT2D eigenvalue weighted by Gasteiger charge is -2.01. The summed E-state index contributed by atoms with van der Waals surface area (Å²) in [5.74, 6) is 0. The first-order valence-corrected chi connectivity index (χ1v) is 7.84. The molecule has 1 N–H and O–H groups in total. The van der Waals surface area contributed by atoms with E-state index in [0.717, 1.165) is 16.6 Å². The molecule has 0 atom stereocenters. The highest BCUT2D eigenvalue weighted by molar-refractivity contribution is 7.99. The van der Waals surface area contributed by atoms with E-state index in [-0.39, 0.29) is 11.0 Å². The number of aromatic nitrogens is 5. The van der Waals surface area contributed by atoms with Gasteiger partial charge in [0.1, 0.15) is 9.86 Å². The van der Waals surface area contributed by atoms with E-state index in [1.165, 1.54) is 21.2 Å². The zero-order chi connectivity index (χ0) is 14.3. The molecule has 3 aromatic heterocycles. The highest BCUT2D eigenvalue weighted by Crippen LogP contribution is 2.34. The fourth-order valence-electron chi connectivity index (χ4n) is 1.68. The van der Waals surface area contributed by atoms with Gasteiger partial charge in [0.15, 0.2) is 5.16 Å². The van der Waals surface area contributed by atoms with E-state index in [9.17, 15) is 4.79 Å². The average molecular weight is 328 g/mol. The molecule has 0 radical (unpaired) electrons. The molecule has 0 aromatic carbocycles. The van der Waals surface area contributed by atoms with Crippen molar-refractivity contribution in [2.45, 2.75) is 23.5 Å². The topological polar surface area (TPSA) is 76.5 Å². The van der Waals surface area contributed by atoms with Crippen LogP contribution >= 0.6 is 34.7 Å². The summed E-state index contributed by atoms with van der Waals surface area (Å²) in [6, 6.07) is 2.06. The van der Waals surface area contributed by atoms with Crippen LogP contribution in [-0.4, -0.2) is 24.7 Å². The van der Waals surface area contributed by atoms with Gasteiger partial charge in [-0.3, -0.25) is 4.57 Å².